The molecule has 0 atom stereocenters. The van der Waals surface area contributed by atoms with Crippen LogP contribution in [0.5, 0.6) is 0 Å². The lowest BCUT2D eigenvalue weighted by Crippen LogP contribution is -2.41. The molecule has 0 bridgehead atoms. The van der Waals surface area contributed by atoms with Gasteiger partial charge in [0.05, 0.1) is 4.92 Å². The van der Waals surface area contributed by atoms with E-state index in [1.807, 2.05) is 13.8 Å². The van der Waals surface area contributed by atoms with Crippen LogP contribution in [0.3, 0.4) is 0 Å². The molecule has 1 fully saturated rings. The molecule has 2 heterocycles. The van der Waals surface area contributed by atoms with E-state index in [0.717, 1.165) is 25.8 Å². The Hall–Kier alpha value is -1.96. The van der Waals surface area contributed by atoms with E-state index in [2.05, 4.69) is 20.6 Å². The fourth-order valence-electron chi connectivity index (χ4n) is 2.16. The van der Waals surface area contributed by atoms with Crippen LogP contribution < -0.4 is 10.6 Å². The summed E-state index contributed by atoms with van der Waals surface area (Å²) in [6.45, 7) is 6.07. The Kier molecular flexibility index (Phi) is 4.89. The van der Waals surface area contributed by atoms with Gasteiger partial charge in [-0.3, -0.25) is 10.1 Å². The van der Waals surface area contributed by atoms with Crippen molar-refractivity contribution < 1.29 is 9.66 Å². The molecule has 2 rings (SSSR count). The van der Waals surface area contributed by atoms with E-state index >= 15 is 0 Å². The molecule has 1 aromatic heterocycles. The number of anilines is 2. The maximum Gasteiger partial charge on any atom is 0.329 e. The number of ether oxygens (including phenoxy) is 1. The van der Waals surface area contributed by atoms with Crippen molar-refractivity contribution >= 4 is 17.5 Å². The number of rotatable bonds is 6. The minimum Gasteiger partial charge on any atom is -0.381 e. The summed E-state index contributed by atoms with van der Waals surface area (Å²) in [5.41, 5.74) is -0.357. The van der Waals surface area contributed by atoms with E-state index in [1.165, 1.54) is 6.20 Å². The van der Waals surface area contributed by atoms with Crippen LogP contribution in [0.25, 0.3) is 0 Å². The number of nitro groups is 1. The third-order valence-electron chi connectivity index (χ3n) is 3.52. The van der Waals surface area contributed by atoms with Crippen LogP contribution in [0.4, 0.5) is 17.5 Å². The Morgan fingerprint density at radius 2 is 2.19 bits per heavy atom. The second-order valence-electron chi connectivity index (χ2n) is 5.41. The molecule has 0 aromatic carbocycles. The molecule has 0 saturated carbocycles. The average Bonchev–Trinajstić information content (AvgIpc) is 2.45. The molecule has 0 radical (unpaired) electrons. The zero-order valence-corrected chi connectivity index (χ0v) is 12.4. The molecule has 0 amide bonds. The zero-order chi connectivity index (χ0) is 15.3. The highest BCUT2D eigenvalue weighted by atomic mass is 16.6. The fourth-order valence-corrected chi connectivity index (χ4v) is 2.16. The van der Waals surface area contributed by atoms with Crippen LogP contribution in [-0.2, 0) is 4.74 Å². The van der Waals surface area contributed by atoms with Gasteiger partial charge in [0, 0.05) is 25.3 Å². The van der Waals surface area contributed by atoms with Gasteiger partial charge in [-0.25, -0.2) is 4.98 Å². The monoisotopic (exact) mass is 295 g/mol. The van der Waals surface area contributed by atoms with Crippen LogP contribution in [0, 0.1) is 10.1 Å². The van der Waals surface area contributed by atoms with Crippen LogP contribution in [0.1, 0.15) is 33.1 Å². The van der Waals surface area contributed by atoms with Crippen LogP contribution in [0.15, 0.2) is 6.20 Å². The number of aromatic nitrogens is 2. The molecular weight excluding hydrogens is 274 g/mol. The molecule has 8 nitrogen and oxygen atoms in total. The fraction of sp³-hybridized carbons (Fsp3) is 0.692. The second kappa shape index (κ2) is 6.66. The summed E-state index contributed by atoms with van der Waals surface area (Å²) in [7, 11) is 0. The van der Waals surface area contributed by atoms with E-state index in [1.54, 1.807) is 0 Å². The second-order valence-corrected chi connectivity index (χ2v) is 5.41. The predicted octanol–water partition coefficient (Wildman–Crippen LogP) is 2.19. The van der Waals surface area contributed by atoms with Crippen LogP contribution in [0.2, 0.25) is 0 Å². The summed E-state index contributed by atoms with van der Waals surface area (Å²) in [4.78, 5) is 18.9. The highest BCUT2D eigenvalue weighted by Gasteiger charge is 2.30. The Labute approximate surface area is 123 Å². The quantitative estimate of drug-likeness (QED) is 0.612. The van der Waals surface area contributed by atoms with Gasteiger partial charge in [-0.05, 0) is 26.2 Å². The molecule has 1 aliphatic heterocycles. The first-order chi connectivity index (χ1) is 10.0. The topological polar surface area (TPSA) is 102 Å². The third kappa shape index (κ3) is 4.01. The normalized spacial score (nSPS) is 17.2. The summed E-state index contributed by atoms with van der Waals surface area (Å²) >= 11 is 0. The summed E-state index contributed by atoms with van der Waals surface area (Å²) in [5.74, 6) is 0.665. The van der Waals surface area contributed by atoms with Crippen molar-refractivity contribution in [2.45, 2.75) is 38.6 Å². The number of nitrogens with one attached hydrogen (secondary N) is 2. The summed E-state index contributed by atoms with van der Waals surface area (Å²) < 4.78 is 5.34. The van der Waals surface area contributed by atoms with Gasteiger partial charge in [0.25, 0.3) is 0 Å². The first-order valence-electron chi connectivity index (χ1n) is 7.15. The average molecular weight is 295 g/mol. The first-order valence-corrected chi connectivity index (χ1v) is 7.15. The zero-order valence-electron chi connectivity index (χ0n) is 12.4. The Morgan fingerprint density at radius 1 is 1.48 bits per heavy atom. The van der Waals surface area contributed by atoms with Crippen molar-refractivity contribution in [3.05, 3.63) is 16.3 Å². The number of nitrogens with zero attached hydrogens (tertiary/aromatic N) is 3. The van der Waals surface area contributed by atoms with Gasteiger partial charge in [-0.15, -0.1) is 0 Å². The van der Waals surface area contributed by atoms with Crippen molar-refractivity contribution in [3.8, 4) is 0 Å². The van der Waals surface area contributed by atoms with Crippen molar-refractivity contribution in [1.82, 2.24) is 9.97 Å². The number of hydrogen-bond donors (Lipinski definition) is 2. The largest absolute Gasteiger partial charge is 0.381 e. The van der Waals surface area contributed by atoms with Gasteiger partial charge in [-0.2, -0.15) is 4.98 Å². The van der Waals surface area contributed by atoms with E-state index < -0.39 is 4.92 Å². The van der Waals surface area contributed by atoms with E-state index in [4.69, 9.17) is 4.74 Å². The summed E-state index contributed by atoms with van der Waals surface area (Å²) in [5, 5.41) is 17.4. The molecule has 21 heavy (non-hydrogen) atoms. The Balaban J connectivity index is 2.23. The van der Waals surface area contributed by atoms with Crippen molar-refractivity contribution in [3.63, 3.8) is 0 Å². The lowest BCUT2D eigenvalue weighted by atomic mass is 9.92. The molecule has 0 unspecified atom stereocenters. The van der Waals surface area contributed by atoms with Crippen molar-refractivity contribution in [1.29, 1.82) is 0 Å². The lowest BCUT2D eigenvalue weighted by Gasteiger charge is -2.34. The SMILES string of the molecule is CCCNc1ncc([N+](=O)[O-])c(NC2(C)CCOCC2)n1. The van der Waals surface area contributed by atoms with Crippen molar-refractivity contribution in [2.75, 3.05) is 30.4 Å². The number of hydrogen-bond acceptors (Lipinski definition) is 7. The predicted molar refractivity (Wildman–Crippen MR) is 79.5 cm³/mol. The van der Waals surface area contributed by atoms with Gasteiger partial charge in [0.2, 0.25) is 11.8 Å². The maximum atomic E-state index is 11.1. The van der Waals surface area contributed by atoms with Crippen molar-refractivity contribution in [2.24, 2.45) is 0 Å². The van der Waals surface area contributed by atoms with E-state index in [9.17, 15) is 10.1 Å². The molecule has 116 valence electrons. The highest BCUT2D eigenvalue weighted by molar-refractivity contribution is 5.58. The first kappa shape index (κ1) is 15.4. The molecule has 0 spiro atoms. The lowest BCUT2D eigenvalue weighted by molar-refractivity contribution is -0.384. The van der Waals surface area contributed by atoms with Gasteiger partial charge < -0.3 is 15.4 Å². The molecule has 8 heteroatoms. The van der Waals surface area contributed by atoms with Gasteiger partial charge in [0.15, 0.2) is 0 Å². The van der Waals surface area contributed by atoms with Gasteiger partial charge in [0.1, 0.15) is 6.20 Å². The Bertz CT molecular complexity index is 503. The van der Waals surface area contributed by atoms with Gasteiger partial charge >= 0.3 is 5.69 Å². The van der Waals surface area contributed by atoms with E-state index in [-0.39, 0.29) is 17.0 Å². The minimum absolute atomic E-state index is 0.107. The summed E-state index contributed by atoms with van der Waals surface area (Å²) in [6, 6.07) is 0. The standard InChI is InChI=1S/C13H21N5O3/c1-3-6-14-12-15-9-10(18(19)20)11(16-12)17-13(2)4-7-21-8-5-13/h9H,3-8H2,1-2H3,(H2,14,15,16,17). The molecule has 1 aliphatic rings. The third-order valence-corrected chi connectivity index (χ3v) is 3.52. The molecule has 1 saturated heterocycles. The molecule has 2 N–H and O–H groups in total. The van der Waals surface area contributed by atoms with Crippen LogP contribution >= 0.6 is 0 Å². The highest BCUT2D eigenvalue weighted by Crippen LogP contribution is 2.29. The minimum atomic E-state index is -0.464. The smallest absolute Gasteiger partial charge is 0.329 e. The van der Waals surface area contributed by atoms with Gasteiger partial charge in [-0.1, -0.05) is 6.92 Å². The van der Waals surface area contributed by atoms with Crippen LogP contribution in [-0.4, -0.2) is 40.2 Å². The Morgan fingerprint density at radius 3 is 2.81 bits per heavy atom. The molecular formula is C13H21N5O3. The molecule has 1 aromatic rings. The van der Waals surface area contributed by atoms with E-state index in [0.29, 0.717) is 19.2 Å². The maximum absolute atomic E-state index is 11.1. The molecule has 0 aliphatic carbocycles. The summed E-state index contributed by atoms with van der Waals surface area (Å²) in [6.07, 6.45) is 3.74.